The molecule has 4 nitrogen and oxygen atoms in total. The van der Waals surface area contributed by atoms with E-state index in [1.165, 1.54) is 6.42 Å². The highest BCUT2D eigenvalue weighted by atomic mass is 79.9. The first-order valence-electron chi connectivity index (χ1n) is 5.62. The number of halogens is 1. The number of hydrogen-bond acceptors (Lipinski definition) is 3. The molecule has 1 fully saturated rings. The maximum absolute atomic E-state index is 11.0. The first kappa shape index (κ1) is 12.4. The Labute approximate surface area is 109 Å². The number of carbonyl (C=O) groups is 1. The summed E-state index contributed by atoms with van der Waals surface area (Å²) in [5, 5.41) is 3.36. The van der Waals surface area contributed by atoms with E-state index in [1.54, 1.807) is 18.2 Å². The fourth-order valence-corrected chi connectivity index (χ4v) is 2.43. The van der Waals surface area contributed by atoms with Crippen LogP contribution in [0.2, 0.25) is 0 Å². The largest absolute Gasteiger partial charge is 0.492 e. The van der Waals surface area contributed by atoms with Crippen LogP contribution in [-0.2, 0) is 0 Å². The normalized spacial score (nSPS) is 19.2. The van der Waals surface area contributed by atoms with E-state index in [4.69, 9.17) is 10.5 Å². The summed E-state index contributed by atoms with van der Waals surface area (Å²) >= 11 is 3.30. The van der Waals surface area contributed by atoms with Crippen molar-refractivity contribution in [2.24, 2.45) is 5.73 Å². The topological polar surface area (TPSA) is 64.4 Å². The van der Waals surface area contributed by atoms with Crippen LogP contribution in [0.25, 0.3) is 0 Å². The molecule has 3 N–H and O–H groups in total. The van der Waals surface area contributed by atoms with Gasteiger partial charge in [-0.25, -0.2) is 0 Å². The summed E-state index contributed by atoms with van der Waals surface area (Å²) in [5.74, 6) is 0.302. The van der Waals surface area contributed by atoms with Gasteiger partial charge in [-0.2, -0.15) is 0 Å². The molecule has 0 aromatic heterocycles. The zero-order valence-electron chi connectivity index (χ0n) is 9.41. The van der Waals surface area contributed by atoms with Gasteiger partial charge >= 0.3 is 0 Å². The van der Waals surface area contributed by atoms with Crippen molar-refractivity contribution >= 4 is 21.8 Å². The number of benzene rings is 1. The zero-order chi connectivity index (χ0) is 12.3. The van der Waals surface area contributed by atoms with Crippen LogP contribution in [-0.4, -0.2) is 25.1 Å². The van der Waals surface area contributed by atoms with Crippen LogP contribution in [0.1, 0.15) is 23.2 Å². The lowest BCUT2D eigenvalue weighted by atomic mass is 10.2. The Balaban J connectivity index is 1.97. The van der Waals surface area contributed by atoms with E-state index in [0.29, 0.717) is 22.7 Å². The van der Waals surface area contributed by atoms with Crippen LogP contribution in [0.3, 0.4) is 0 Å². The van der Waals surface area contributed by atoms with Gasteiger partial charge < -0.3 is 15.8 Å². The molecule has 1 heterocycles. The van der Waals surface area contributed by atoms with E-state index in [9.17, 15) is 4.79 Å². The highest BCUT2D eigenvalue weighted by Gasteiger charge is 2.14. The molecule has 0 spiro atoms. The van der Waals surface area contributed by atoms with Crippen LogP contribution < -0.4 is 15.8 Å². The maximum atomic E-state index is 11.0. The maximum Gasteiger partial charge on any atom is 0.249 e. The predicted molar refractivity (Wildman–Crippen MR) is 69.2 cm³/mol. The predicted octanol–water partition coefficient (Wildman–Crippen LogP) is 1.68. The lowest BCUT2D eigenvalue weighted by Gasteiger charge is -2.12. The molecule has 0 saturated carbocycles. The Morgan fingerprint density at radius 2 is 2.41 bits per heavy atom. The summed E-state index contributed by atoms with van der Waals surface area (Å²) in [6, 6.07) is 5.64. The highest BCUT2D eigenvalue weighted by molar-refractivity contribution is 9.10. The zero-order valence-corrected chi connectivity index (χ0v) is 11.0. The van der Waals surface area contributed by atoms with Crippen molar-refractivity contribution in [3.8, 4) is 5.75 Å². The molecular formula is C12H15BrN2O2. The van der Waals surface area contributed by atoms with Crippen molar-refractivity contribution in [2.75, 3.05) is 13.2 Å². The number of hydrogen-bond donors (Lipinski definition) is 2. The first-order chi connectivity index (χ1) is 8.16. The van der Waals surface area contributed by atoms with Crippen molar-refractivity contribution in [1.82, 2.24) is 5.32 Å². The number of carbonyl (C=O) groups excluding carboxylic acids is 1. The van der Waals surface area contributed by atoms with Crippen molar-refractivity contribution in [3.63, 3.8) is 0 Å². The molecule has 1 aromatic rings. The smallest absolute Gasteiger partial charge is 0.249 e. The molecule has 1 saturated heterocycles. The number of nitrogens with one attached hydrogen (secondary N) is 1. The van der Waals surface area contributed by atoms with E-state index in [1.807, 2.05) is 0 Å². The average Bonchev–Trinajstić information content (AvgIpc) is 2.78. The monoisotopic (exact) mass is 298 g/mol. The highest BCUT2D eigenvalue weighted by Crippen LogP contribution is 2.23. The number of rotatable bonds is 4. The second-order valence-electron chi connectivity index (χ2n) is 4.11. The van der Waals surface area contributed by atoms with E-state index in [0.717, 1.165) is 18.7 Å². The molecule has 0 radical (unpaired) electrons. The Morgan fingerprint density at radius 3 is 3.00 bits per heavy atom. The van der Waals surface area contributed by atoms with Crippen molar-refractivity contribution in [2.45, 2.75) is 18.9 Å². The molecule has 1 aliphatic heterocycles. The number of amides is 1. The van der Waals surface area contributed by atoms with Crippen LogP contribution in [0.4, 0.5) is 0 Å². The Morgan fingerprint density at radius 1 is 1.59 bits per heavy atom. The average molecular weight is 299 g/mol. The van der Waals surface area contributed by atoms with Gasteiger partial charge in [0.15, 0.2) is 0 Å². The lowest BCUT2D eigenvalue weighted by molar-refractivity contribution is 0.0999. The first-order valence-corrected chi connectivity index (χ1v) is 6.41. The van der Waals surface area contributed by atoms with Crippen molar-refractivity contribution < 1.29 is 9.53 Å². The SMILES string of the molecule is NC(=O)c1ccc(OCC2CCCN2)cc1Br. The fourth-order valence-electron chi connectivity index (χ4n) is 1.88. The summed E-state index contributed by atoms with van der Waals surface area (Å²) in [6.45, 7) is 1.72. The Bertz CT molecular complexity index is 417. The van der Waals surface area contributed by atoms with Crippen molar-refractivity contribution in [1.29, 1.82) is 0 Å². The number of primary amides is 1. The minimum Gasteiger partial charge on any atom is -0.492 e. The molecular weight excluding hydrogens is 284 g/mol. The molecule has 92 valence electrons. The van der Waals surface area contributed by atoms with E-state index >= 15 is 0 Å². The number of ether oxygens (including phenoxy) is 1. The van der Waals surface area contributed by atoms with Crippen molar-refractivity contribution in [3.05, 3.63) is 28.2 Å². The number of nitrogens with two attached hydrogens (primary N) is 1. The minimum atomic E-state index is -0.444. The Hall–Kier alpha value is -1.07. The molecule has 1 aromatic carbocycles. The van der Waals surface area contributed by atoms with Gasteiger partial charge in [0.1, 0.15) is 12.4 Å². The van der Waals surface area contributed by atoms with Gasteiger partial charge in [0.2, 0.25) is 5.91 Å². The summed E-state index contributed by atoms with van der Waals surface area (Å²) in [4.78, 5) is 11.0. The molecule has 5 heteroatoms. The van der Waals surface area contributed by atoms with E-state index in [2.05, 4.69) is 21.2 Å². The molecule has 17 heavy (non-hydrogen) atoms. The lowest BCUT2D eigenvalue weighted by Crippen LogP contribution is -2.28. The summed E-state index contributed by atoms with van der Waals surface area (Å²) < 4.78 is 6.33. The molecule has 0 bridgehead atoms. The third-order valence-corrected chi connectivity index (χ3v) is 3.48. The second kappa shape index (κ2) is 5.51. The molecule has 1 unspecified atom stereocenters. The van der Waals surface area contributed by atoms with Gasteiger partial charge in [0.05, 0.1) is 5.56 Å². The standard InChI is InChI=1S/C12H15BrN2O2/c13-11-6-9(3-4-10(11)12(14)16)17-7-8-2-1-5-15-8/h3-4,6,8,15H,1-2,5,7H2,(H2,14,16). The van der Waals surface area contributed by atoms with Gasteiger partial charge in [-0.05, 0) is 53.5 Å². The van der Waals surface area contributed by atoms with E-state index < -0.39 is 5.91 Å². The molecule has 1 atom stereocenters. The molecule has 1 amide bonds. The van der Waals surface area contributed by atoms with Crippen LogP contribution in [0, 0.1) is 0 Å². The van der Waals surface area contributed by atoms with Gasteiger partial charge in [0.25, 0.3) is 0 Å². The van der Waals surface area contributed by atoms with Crippen LogP contribution >= 0.6 is 15.9 Å². The van der Waals surface area contributed by atoms with E-state index in [-0.39, 0.29) is 0 Å². The third-order valence-electron chi connectivity index (χ3n) is 2.82. The van der Waals surface area contributed by atoms with Gasteiger partial charge in [-0.3, -0.25) is 4.79 Å². The molecule has 1 aliphatic rings. The minimum absolute atomic E-state index is 0.435. The summed E-state index contributed by atoms with van der Waals surface area (Å²) in [5.41, 5.74) is 5.69. The fraction of sp³-hybridized carbons (Fsp3) is 0.417. The van der Waals surface area contributed by atoms with Crippen LogP contribution in [0.15, 0.2) is 22.7 Å². The quantitative estimate of drug-likeness (QED) is 0.889. The van der Waals surface area contributed by atoms with Gasteiger partial charge in [-0.15, -0.1) is 0 Å². The van der Waals surface area contributed by atoms with Crippen LogP contribution in [0.5, 0.6) is 5.75 Å². The molecule has 2 rings (SSSR count). The second-order valence-corrected chi connectivity index (χ2v) is 4.96. The third kappa shape index (κ3) is 3.20. The van der Waals surface area contributed by atoms with Gasteiger partial charge in [0, 0.05) is 10.5 Å². The Kier molecular flexibility index (Phi) is 4.02. The summed E-state index contributed by atoms with van der Waals surface area (Å²) in [7, 11) is 0. The summed E-state index contributed by atoms with van der Waals surface area (Å²) in [6.07, 6.45) is 2.36. The molecule has 0 aliphatic carbocycles. The van der Waals surface area contributed by atoms with Gasteiger partial charge in [-0.1, -0.05) is 0 Å².